The summed E-state index contributed by atoms with van der Waals surface area (Å²) in [5, 5.41) is 31.7. The molecule has 180 valence electrons. The lowest BCUT2D eigenvalue weighted by atomic mass is 9.97. The molecule has 0 spiro atoms. The molecule has 0 aliphatic rings. The van der Waals surface area contributed by atoms with Crippen LogP contribution in [-0.4, -0.2) is 38.0 Å². The Balaban J connectivity index is 1.55. The van der Waals surface area contributed by atoms with Crippen LogP contribution in [0.3, 0.4) is 0 Å². The summed E-state index contributed by atoms with van der Waals surface area (Å²) >= 11 is 0. The molecule has 5 aromatic rings. The second kappa shape index (κ2) is 9.42. The molecule has 0 saturated heterocycles. The summed E-state index contributed by atoms with van der Waals surface area (Å²) in [5.74, 6) is -0.212. The number of nitrogens with zero attached hydrogens (tertiary/aromatic N) is 3. The van der Waals surface area contributed by atoms with Crippen molar-refractivity contribution in [2.75, 3.05) is 7.11 Å². The zero-order valence-electron chi connectivity index (χ0n) is 19.5. The van der Waals surface area contributed by atoms with Gasteiger partial charge in [-0.3, -0.25) is 9.36 Å². The van der Waals surface area contributed by atoms with E-state index in [0.717, 1.165) is 16.3 Å². The first-order chi connectivity index (χ1) is 17.5. The number of amides is 1. The summed E-state index contributed by atoms with van der Waals surface area (Å²) in [6.07, 6.45) is 1.20. The normalized spacial score (nSPS) is 11.0. The number of nitrogens with two attached hydrogens (primary N) is 1. The molecule has 0 atom stereocenters. The second-order valence-corrected chi connectivity index (χ2v) is 8.38. The molecule has 0 unspecified atom stereocenters. The molecule has 0 aliphatic carbocycles. The van der Waals surface area contributed by atoms with E-state index in [0.29, 0.717) is 35.4 Å². The van der Waals surface area contributed by atoms with Gasteiger partial charge in [-0.05, 0) is 65.1 Å². The number of hydrogen-bond donors (Lipinski definition) is 3. The largest absolute Gasteiger partial charge is 0.508 e. The number of phenolic OH excluding ortho intramolecular Hbond substituents is 2. The van der Waals surface area contributed by atoms with Crippen LogP contribution in [-0.2, 0) is 12.8 Å². The molecule has 8 heteroatoms. The molecule has 1 aromatic heterocycles. The van der Waals surface area contributed by atoms with E-state index in [4.69, 9.17) is 10.5 Å². The monoisotopic (exact) mass is 480 g/mol. The number of fused-ring (bicyclic) bond motifs is 1. The third-order valence-electron chi connectivity index (χ3n) is 6.20. The van der Waals surface area contributed by atoms with Crippen molar-refractivity contribution in [2.45, 2.75) is 12.8 Å². The molecule has 4 aromatic carbocycles. The molecule has 0 aliphatic heterocycles. The number of methoxy groups -OCH3 is 1. The lowest BCUT2D eigenvalue weighted by molar-refractivity contribution is 0.0988. The van der Waals surface area contributed by atoms with Crippen LogP contribution in [0.5, 0.6) is 17.2 Å². The minimum Gasteiger partial charge on any atom is -0.508 e. The number of aryl methyl sites for hydroxylation is 2. The standard InChI is InChI=1S/C28H24N4O4/c1-36-21-13-11-20(12-14-21)32-27(30-31-28(32)26(29)35)23-15-19(24(33)16-25(23)34)10-9-18-7-4-6-17-5-2-3-8-22(17)18/h2-8,11-16,33-34H,9-10H2,1H3,(H2,29,35). The minimum atomic E-state index is -0.765. The predicted molar refractivity (Wildman–Crippen MR) is 137 cm³/mol. The Bertz CT molecular complexity index is 1570. The summed E-state index contributed by atoms with van der Waals surface area (Å²) in [6.45, 7) is 0. The predicted octanol–water partition coefficient (Wildman–Crippen LogP) is 4.39. The highest BCUT2D eigenvalue weighted by Crippen LogP contribution is 2.36. The molecule has 1 amide bonds. The molecule has 36 heavy (non-hydrogen) atoms. The first-order valence-electron chi connectivity index (χ1n) is 11.4. The summed E-state index contributed by atoms with van der Waals surface area (Å²) < 4.78 is 6.69. The van der Waals surface area contributed by atoms with Crippen LogP contribution in [0.25, 0.3) is 27.8 Å². The van der Waals surface area contributed by atoms with E-state index in [2.05, 4.69) is 34.5 Å². The van der Waals surface area contributed by atoms with Gasteiger partial charge in [-0.15, -0.1) is 10.2 Å². The number of aromatic nitrogens is 3. The van der Waals surface area contributed by atoms with Gasteiger partial charge in [-0.2, -0.15) is 0 Å². The number of hydrogen-bond acceptors (Lipinski definition) is 6. The van der Waals surface area contributed by atoms with Gasteiger partial charge in [-0.1, -0.05) is 42.5 Å². The van der Waals surface area contributed by atoms with E-state index >= 15 is 0 Å². The van der Waals surface area contributed by atoms with Crippen LogP contribution in [0.1, 0.15) is 21.7 Å². The molecule has 1 heterocycles. The average Bonchev–Trinajstić information content (AvgIpc) is 3.33. The summed E-state index contributed by atoms with van der Waals surface area (Å²) in [6, 6.07) is 24.2. The number of benzene rings is 4. The average molecular weight is 481 g/mol. The quantitative estimate of drug-likeness (QED) is 0.317. The summed E-state index contributed by atoms with van der Waals surface area (Å²) in [4.78, 5) is 12.1. The number of rotatable bonds is 7. The van der Waals surface area contributed by atoms with Crippen molar-refractivity contribution < 1.29 is 19.7 Å². The first kappa shape index (κ1) is 22.9. The molecule has 0 fully saturated rings. The van der Waals surface area contributed by atoms with Gasteiger partial charge in [0.1, 0.15) is 17.2 Å². The molecule has 4 N–H and O–H groups in total. The molecule has 0 bridgehead atoms. The van der Waals surface area contributed by atoms with Gasteiger partial charge in [0.15, 0.2) is 5.82 Å². The zero-order valence-corrected chi connectivity index (χ0v) is 19.5. The summed E-state index contributed by atoms with van der Waals surface area (Å²) in [7, 11) is 1.56. The van der Waals surface area contributed by atoms with Crippen molar-refractivity contribution in [3.05, 3.63) is 95.8 Å². The molecular formula is C28H24N4O4. The number of phenols is 2. The van der Waals surface area contributed by atoms with E-state index in [-0.39, 0.29) is 23.1 Å². The van der Waals surface area contributed by atoms with Crippen LogP contribution >= 0.6 is 0 Å². The minimum absolute atomic E-state index is 0.0258. The van der Waals surface area contributed by atoms with E-state index in [1.54, 1.807) is 37.4 Å². The number of primary amides is 1. The number of aromatic hydroxyl groups is 2. The van der Waals surface area contributed by atoms with Crippen LogP contribution in [0.2, 0.25) is 0 Å². The molecular weight excluding hydrogens is 456 g/mol. The Morgan fingerprint density at radius 2 is 1.61 bits per heavy atom. The van der Waals surface area contributed by atoms with Crippen molar-refractivity contribution in [3.63, 3.8) is 0 Å². The van der Waals surface area contributed by atoms with Crippen molar-refractivity contribution in [2.24, 2.45) is 5.73 Å². The van der Waals surface area contributed by atoms with Gasteiger partial charge in [0.25, 0.3) is 5.91 Å². The van der Waals surface area contributed by atoms with Gasteiger partial charge >= 0.3 is 0 Å². The van der Waals surface area contributed by atoms with E-state index in [9.17, 15) is 15.0 Å². The van der Waals surface area contributed by atoms with Crippen LogP contribution < -0.4 is 10.5 Å². The lowest BCUT2D eigenvalue weighted by Gasteiger charge is -2.13. The van der Waals surface area contributed by atoms with Crippen LogP contribution in [0, 0.1) is 0 Å². The third-order valence-corrected chi connectivity index (χ3v) is 6.20. The molecule has 5 rings (SSSR count). The Hall–Kier alpha value is -4.85. The summed E-state index contributed by atoms with van der Waals surface area (Å²) in [5.41, 5.74) is 8.22. The SMILES string of the molecule is COc1ccc(-n2c(C(N)=O)nnc2-c2cc(CCc3cccc4ccccc34)c(O)cc2O)cc1. The fourth-order valence-electron chi connectivity index (χ4n) is 4.38. The highest BCUT2D eigenvalue weighted by molar-refractivity contribution is 5.91. The smallest absolute Gasteiger partial charge is 0.287 e. The zero-order chi connectivity index (χ0) is 25.2. The fourth-order valence-corrected chi connectivity index (χ4v) is 4.38. The topological polar surface area (TPSA) is 123 Å². The van der Waals surface area contributed by atoms with Crippen molar-refractivity contribution in [1.29, 1.82) is 0 Å². The van der Waals surface area contributed by atoms with Gasteiger partial charge in [0, 0.05) is 11.8 Å². The molecule has 0 radical (unpaired) electrons. The Labute approximate surface area is 207 Å². The lowest BCUT2D eigenvalue weighted by Crippen LogP contribution is -2.17. The highest BCUT2D eigenvalue weighted by Gasteiger charge is 2.22. The molecule has 8 nitrogen and oxygen atoms in total. The van der Waals surface area contributed by atoms with Gasteiger partial charge in [0.2, 0.25) is 5.82 Å². The maximum Gasteiger partial charge on any atom is 0.287 e. The number of carbonyl (C=O) groups is 1. The third kappa shape index (κ3) is 4.20. The first-order valence-corrected chi connectivity index (χ1v) is 11.4. The Morgan fingerprint density at radius 1 is 0.889 bits per heavy atom. The maximum atomic E-state index is 12.1. The highest BCUT2D eigenvalue weighted by atomic mass is 16.5. The van der Waals surface area contributed by atoms with Crippen LogP contribution in [0.4, 0.5) is 0 Å². The molecule has 0 saturated carbocycles. The van der Waals surface area contributed by atoms with Crippen LogP contribution in [0.15, 0.2) is 78.9 Å². The Morgan fingerprint density at radius 3 is 2.36 bits per heavy atom. The van der Waals surface area contributed by atoms with Gasteiger partial charge in [0.05, 0.1) is 12.7 Å². The number of carbonyl (C=O) groups excluding carboxylic acids is 1. The van der Waals surface area contributed by atoms with Gasteiger partial charge in [-0.25, -0.2) is 0 Å². The maximum absolute atomic E-state index is 12.1. The second-order valence-electron chi connectivity index (χ2n) is 8.38. The van der Waals surface area contributed by atoms with E-state index < -0.39 is 5.91 Å². The van der Waals surface area contributed by atoms with E-state index in [1.807, 2.05) is 18.2 Å². The number of ether oxygens (including phenoxy) is 1. The van der Waals surface area contributed by atoms with Crippen molar-refractivity contribution >= 4 is 16.7 Å². The Kier molecular flexibility index (Phi) is 6.00. The van der Waals surface area contributed by atoms with Crippen molar-refractivity contribution in [3.8, 4) is 34.3 Å². The van der Waals surface area contributed by atoms with Gasteiger partial charge < -0.3 is 20.7 Å². The van der Waals surface area contributed by atoms with E-state index in [1.165, 1.54) is 10.6 Å². The fraction of sp³-hybridized carbons (Fsp3) is 0.107. The van der Waals surface area contributed by atoms with Crippen molar-refractivity contribution in [1.82, 2.24) is 14.8 Å².